The van der Waals surface area contributed by atoms with Gasteiger partial charge in [-0.3, -0.25) is 14.7 Å². The molecule has 2 aromatic heterocycles. The molecular weight excluding hydrogens is 414 g/mol. The van der Waals surface area contributed by atoms with E-state index >= 15 is 0 Å². The number of aromatic nitrogens is 5. The summed E-state index contributed by atoms with van der Waals surface area (Å²) < 4.78 is 25.5. The molecule has 2 heterocycles. The summed E-state index contributed by atoms with van der Waals surface area (Å²) in [5.74, 6) is 0.454. The van der Waals surface area contributed by atoms with Gasteiger partial charge in [-0.05, 0) is 26.2 Å². The first-order valence-electron chi connectivity index (χ1n) is 9.12. The highest BCUT2D eigenvalue weighted by atomic mass is 32.2. The van der Waals surface area contributed by atoms with Crippen molar-refractivity contribution in [3.63, 3.8) is 0 Å². The first-order chi connectivity index (χ1) is 13.6. The lowest BCUT2D eigenvalue weighted by atomic mass is 10.0. The number of aryl methyl sites for hydroxylation is 1. The minimum atomic E-state index is -3.56. The molecule has 12 heteroatoms. The van der Waals surface area contributed by atoms with E-state index in [-0.39, 0.29) is 29.8 Å². The molecule has 0 saturated carbocycles. The van der Waals surface area contributed by atoms with Gasteiger partial charge in [0.25, 0.3) is 0 Å². The highest BCUT2D eigenvalue weighted by Gasteiger charge is 2.18. The molecule has 0 radical (unpaired) electrons. The Hall–Kier alpha value is -2.05. The molecule has 0 aliphatic heterocycles. The second-order valence-corrected chi connectivity index (χ2v) is 10.2. The van der Waals surface area contributed by atoms with E-state index in [1.807, 2.05) is 27.7 Å². The SMILES string of the molecule is Cc1cnc(C(C)Sc2nc(N[C@@H](CO)CC(C)C)nc(NS(C)(=O)=O)n2)cn1. The van der Waals surface area contributed by atoms with Gasteiger partial charge in [-0.2, -0.15) is 15.0 Å². The predicted molar refractivity (Wildman–Crippen MR) is 113 cm³/mol. The van der Waals surface area contributed by atoms with Gasteiger partial charge in [-0.25, -0.2) is 8.42 Å². The summed E-state index contributed by atoms with van der Waals surface area (Å²) in [7, 11) is -3.56. The Morgan fingerprint density at radius 2 is 1.79 bits per heavy atom. The maximum atomic E-state index is 11.6. The van der Waals surface area contributed by atoms with Crippen LogP contribution in [0.25, 0.3) is 0 Å². The average molecular weight is 442 g/mol. The molecule has 1 unspecified atom stereocenters. The van der Waals surface area contributed by atoms with Crippen LogP contribution < -0.4 is 10.0 Å². The summed E-state index contributed by atoms with van der Waals surface area (Å²) in [6.45, 7) is 7.77. The summed E-state index contributed by atoms with van der Waals surface area (Å²) in [5, 5.41) is 12.9. The molecule has 0 aliphatic rings. The van der Waals surface area contributed by atoms with Crippen LogP contribution in [0.1, 0.15) is 43.8 Å². The Morgan fingerprint density at radius 1 is 1.10 bits per heavy atom. The number of rotatable bonds is 10. The number of thioether (sulfide) groups is 1. The Bertz CT molecular complexity index is 908. The normalized spacial score (nSPS) is 13.9. The van der Waals surface area contributed by atoms with Crippen LogP contribution in [0.2, 0.25) is 0 Å². The summed E-state index contributed by atoms with van der Waals surface area (Å²) in [6, 6.07) is -0.262. The molecule has 3 N–H and O–H groups in total. The molecule has 10 nitrogen and oxygen atoms in total. The fraction of sp³-hybridized carbons (Fsp3) is 0.588. The Balaban J connectivity index is 2.29. The van der Waals surface area contributed by atoms with E-state index in [9.17, 15) is 13.5 Å². The molecule has 2 aromatic rings. The molecule has 0 fully saturated rings. The average Bonchev–Trinajstić information content (AvgIpc) is 2.59. The monoisotopic (exact) mass is 441 g/mol. The largest absolute Gasteiger partial charge is 0.394 e. The molecule has 160 valence electrons. The lowest BCUT2D eigenvalue weighted by Crippen LogP contribution is -2.27. The maximum absolute atomic E-state index is 11.6. The second-order valence-electron chi connectivity index (χ2n) is 7.14. The number of anilines is 2. The van der Waals surface area contributed by atoms with Crippen LogP contribution in [-0.2, 0) is 10.0 Å². The molecule has 0 amide bonds. The molecule has 0 aliphatic carbocycles. The van der Waals surface area contributed by atoms with Gasteiger partial charge in [0.05, 0.1) is 35.5 Å². The summed E-state index contributed by atoms with van der Waals surface area (Å²) in [6.07, 6.45) is 5.10. The zero-order valence-electron chi connectivity index (χ0n) is 17.1. The van der Waals surface area contributed by atoms with Gasteiger partial charge in [0.2, 0.25) is 21.9 Å². The molecular formula is C17H27N7O3S2. The van der Waals surface area contributed by atoms with Crippen molar-refractivity contribution in [3.05, 3.63) is 23.8 Å². The van der Waals surface area contributed by atoms with Crippen LogP contribution in [0.15, 0.2) is 17.6 Å². The fourth-order valence-electron chi connectivity index (χ4n) is 2.45. The summed E-state index contributed by atoms with van der Waals surface area (Å²) in [4.78, 5) is 21.3. The maximum Gasteiger partial charge on any atom is 0.242 e. The highest BCUT2D eigenvalue weighted by Crippen LogP contribution is 2.32. The topological polar surface area (TPSA) is 143 Å². The molecule has 0 spiro atoms. The van der Waals surface area contributed by atoms with Gasteiger partial charge in [-0.1, -0.05) is 25.6 Å². The molecule has 0 aromatic carbocycles. The van der Waals surface area contributed by atoms with E-state index < -0.39 is 10.0 Å². The quantitative estimate of drug-likeness (QED) is 0.468. The number of aliphatic hydroxyl groups excluding tert-OH is 1. The minimum Gasteiger partial charge on any atom is -0.394 e. The molecule has 29 heavy (non-hydrogen) atoms. The smallest absolute Gasteiger partial charge is 0.242 e. The van der Waals surface area contributed by atoms with Crippen molar-refractivity contribution in [1.29, 1.82) is 0 Å². The zero-order chi connectivity index (χ0) is 21.6. The number of nitrogens with zero attached hydrogens (tertiary/aromatic N) is 5. The second kappa shape index (κ2) is 10.1. The van der Waals surface area contributed by atoms with E-state index in [2.05, 4.69) is 35.0 Å². The Kier molecular flexibility index (Phi) is 8.11. The van der Waals surface area contributed by atoms with Gasteiger partial charge in [0, 0.05) is 12.4 Å². The number of nitrogens with one attached hydrogen (secondary N) is 2. The van der Waals surface area contributed by atoms with Crippen molar-refractivity contribution in [1.82, 2.24) is 24.9 Å². The van der Waals surface area contributed by atoms with E-state index in [4.69, 9.17) is 0 Å². The summed E-state index contributed by atoms with van der Waals surface area (Å²) in [5.41, 5.74) is 1.57. The van der Waals surface area contributed by atoms with Crippen molar-refractivity contribution in [2.24, 2.45) is 5.92 Å². The van der Waals surface area contributed by atoms with Crippen molar-refractivity contribution in [3.8, 4) is 0 Å². The van der Waals surface area contributed by atoms with E-state index in [1.54, 1.807) is 12.4 Å². The van der Waals surface area contributed by atoms with Gasteiger partial charge in [0.1, 0.15) is 0 Å². The standard InChI is InChI=1S/C17H27N7O3S2/c1-10(2)6-13(9-25)20-15-21-16(24-29(5,26)27)23-17(22-15)28-12(4)14-8-18-11(3)7-19-14/h7-8,10,12-13,25H,6,9H2,1-5H3,(H2,20,21,22,23,24)/t12?,13-/m1/s1. The Morgan fingerprint density at radius 3 is 2.34 bits per heavy atom. The van der Waals surface area contributed by atoms with Crippen molar-refractivity contribution in [2.75, 3.05) is 22.9 Å². The first kappa shape index (κ1) is 23.2. The first-order valence-corrected chi connectivity index (χ1v) is 11.9. The third-order valence-corrected chi connectivity index (χ3v) is 5.24. The van der Waals surface area contributed by atoms with Gasteiger partial charge in [0.15, 0.2) is 5.16 Å². The molecule has 0 bridgehead atoms. The van der Waals surface area contributed by atoms with E-state index in [1.165, 1.54) is 11.8 Å². The number of aliphatic hydroxyl groups is 1. The minimum absolute atomic E-state index is 0.0871. The van der Waals surface area contributed by atoms with Crippen molar-refractivity contribution in [2.45, 2.75) is 50.6 Å². The van der Waals surface area contributed by atoms with Crippen LogP contribution >= 0.6 is 11.8 Å². The molecule has 2 rings (SSSR count). The molecule has 2 atom stereocenters. The van der Waals surface area contributed by atoms with Gasteiger partial charge >= 0.3 is 0 Å². The number of hydrogen-bond acceptors (Lipinski definition) is 10. The van der Waals surface area contributed by atoms with Gasteiger partial charge < -0.3 is 10.4 Å². The lowest BCUT2D eigenvalue weighted by Gasteiger charge is -2.19. The van der Waals surface area contributed by atoms with Crippen LogP contribution in [0.3, 0.4) is 0 Å². The van der Waals surface area contributed by atoms with Crippen LogP contribution in [0, 0.1) is 12.8 Å². The summed E-state index contributed by atoms with van der Waals surface area (Å²) >= 11 is 1.30. The fourth-order valence-corrected chi connectivity index (χ4v) is 3.71. The van der Waals surface area contributed by atoms with E-state index in [0.717, 1.165) is 17.6 Å². The number of sulfonamides is 1. The zero-order valence-corrected chi connectivity index (χ0v) is 18.8. The van der Waals surface area contributed by atoms with E-state index in [0.29, 0.717) is 17.5 Å². The van der Waals surface area contributed by atoms with Crippen LogP contribution in [0.5, 0.6) is 0 Å². The third kappa shape index (κ3) is 8.07. The van der Waals surface area contributed by atoms with Gasteiger partial charge in [-0.15, -0.1) is 0 Å². The van der Waals surface area contributed by atoms with Crippen molar-refractivity contribution < 1.29 is 13.5 Å². The number of hydrogen-bond donors (Lipinski definition) is 3. The van der Waals surface area contributed by atoms with Crippen molar-refractivity contribution >= 4 is 33.7 Å². The highest BCUT2D eigenvalue weighted by molar-refractivity contribution is 7.99. The lowest BCUT2D eigenvalue weighted by molar-refractivity contribution is 0.259. The van der Waals surface area contributed by atoms with Crippen LogP contribution in [0.4, 0.5) is 11.9 Å². The third-order valence-electron chi connectivity index (χ3n) is 3.70. The molecule has 0 saturated heterocycles. The van der Waals surface area contributed by atoms with Crippen LogP contribution in [-0.4, -0.2) is 57.3 Å². The Labute approximate surface area is 175 Å². The predicted octanol–water partition coefficient (Wildman–Crippen LogP) is 2.01.